The van der Waals surface area contributed by atoms with E-state index in [2.05, 4.69) is 22.0 Å². The Hall–Kier alpha value is -3.22. The average molecular weight is 531 g/mol. The molecule has 0 aromatic heterocycles. The molecule has 0 saturated heterocycles. The Labute approximate surface area is 208 Å². The van der Waals surface area contributed by atoms with Gasteiger partial charge in [0, 0.05) is 16.5 Å². The largest absolute Gasteiger partial charge is 0.266 e. The number of para-hydroxylation sites is 1. The van der Waals surface area contributed by atoms with Crippen molar-refractivity contribution in [1.29, 1.82) is 0 Å². The third-order valence-electron chi connectivity index (χ3n) is 5.94. The summed E-state index contributed by atoms with van der Waals surface area (Å²) in [6.45, 7) is 1.94. The van der Waals surface area contributed by atoms with Gasteiger partial charge in [0.15, 0.2) is 6.17 Å². The number of fused-ring (bicyclic) bond motifs is 1. The lowest BCUT2D eigenvalue weighted by Gasteiger charge is -2.36. The number of benzene rings is 4. The highest BCUT2D eigenvalue weighted by molar-refractivity contribution is 9.10. The van der Waals surface area contributed by atoms with Crippen molar-refractivity contribution < 1.29 is 8.42 Å². The zero-order valence-electron chi connectivity index (χ0n) is 18.6. The van der Waals surface area contributed by atoms with Gasteiger partial charge in [-0.15, -0.1) is 0 Å². The van der Waals surface area contributed by atoms with Crippen LogP contribution in [0, 0.1) is 6.92 Å². The minimum atomic E-state index is -3.88. The molecule has 5 rings (SSSR count). The Morgan fingerprint density at radius 1 is 0.824 bits per heavy atom. The van der Waals surface area contributed by atoms with Crippen molar-refractivity contribution >= 4 is 37.4 Å². The topological polar surface area (TPSA) is 49.7 Å². The number of aliphatic imine (C=N–C) groups is 1. The monoisotopic (exact) mass is 530 g/mol. The molecule has 1 atom stereocenters. The fraction of sp³-hybridized carbons (Fsp3) is 0.107. The molecule has 0 spiro atoms. The molecule has 0 amide bonds. The molecule has 0 fully saturated rings. The standard InChI is InChI=1S/C28H23BrN2O2S/c1-20-15-17-23(18-16-20)34(32,33)31-27-14-8-6-12-24(27)26(19-22-11-5-7-13-25(22)29)30-28(31)21-9-3-2-4-10-21/h2-18,28H,19H2,1H3. The van der Waals surface area contributed by atoms with Crippen molar-refractivity contribution in [2.45, 2.75) is 24.4 Å². The van der Waals surface area contributed by atoms with Crippen LogP contribution in [0.25, 0.3) is 0 Å². The minimum Gasteiger partial charge on any atom is -0.258 e. The quantitative estimate of drug-likeness (QED) is 0.288. The van der Waals surface area contributed by atoms with E-state index < -0.39 is 16.2 Å². The summed E-state index contributed by atoms with van der Waals surface area (Å²) in [5, 5.41) is 0. The van der Waals surface area contributed by atoms with E-state index in [1.54, 1.807) is 12.1 Å². The molecule has 34 heavy (non-hydrogen) atoms. The maximum atomic E-state index is 14.0. The van der Waals surface area contributed by atoms with E-state index in [1.165, 1.54) is 4.31 Å². The van der Waals surface area contributed by atoms with Gasteiger partial charge in [-0.25, -0.2) is 12.7 Å². The second-order valence-electron chi connectivity index (χ2n) is 8.26. The molecule has 4 aromatic rings. The third kappa shape index (κ3) is 4.19. The molecule has 4 aromatic carbocycles. The summed E-state index contributed by atoms with van der Waals surface area (Å²) in [6, 6.07) is 32.2. The zero-order valence-corrected chi connectivity index (χ0v) is 21.0. The Bertz CT molecular complexity index is 1470. The molecule has 1 aliphatic rings. The molecule has 0 saturated carbocycles. The van der Waals surface area contributed by atoms with Gasteiger partial charge < -0.3 is 0 Å². The van der Waals surface area contributed by atoms with Crippen molar-refractivity contribution in [3.63, 3.8) is 0 Å². The number of hydrogen-bond acceptors (Lipinski definition) is 3. The molecule has 0 bridgehead atoms. The van der Waals surface area contributed by atoms with Crippen molar-refractivity contribution in [3.8, 4) is 0 Å². The molecule has 0 N–H and O–H groups in total. The number of rotatable bonds is 5. The van der Waals surface area contributed by atoms with Gasteiger partial charge in [0.05, 0.1) is 16.3 Å². The molecule has 0 aliphatic carbocycles. The zero-order chi connectivity index (χ0) is 23.7. The summed E-state index contributed by atoms with van der Waals surface area (Å²) in [5.41, 5.74) is 5.23. The van der Waals surface area contributed by atoms with Crippen LogP contribution in [0.4, 0.5) is 5.69 Å². The predicted molar refractivity (Wildman–Crippen MR) is 141 cm³/mol. The van der Waals surface area contributed by atoms with Crippen LogP contribution in [0.3, 0.4) is 0 Å². The maximum Gasteiger partial charge on any atom is 0.266 e. The van der Waals surface area contributed by atoms with Crippen LogP contribution in [-0.4, -0.2) is 14.1 Å². The van der Waals surface area contributed by atoms with Gasteiger partial charge in [-0.05, 0) is 42.3 Å². The SMILES string of the molecule is Cc1ccc(S(=O)(=O)N2c3ccccc3C(Cc3ccccc3Br)=NC2c2ccccc2)cc1. The van der Waals surface area contributed by atoms with Crippen LogP contribution in [0.15, 0.2) is 117 Å². The summed E-state index contributed by atoms with van der Waals surface area (Å²) in [4.78, 5) is 5.31. The van der Waals surface area contributed by atoms with E-state index in [9.17, 15) is 8.42 Å². The molecular formula is C28H23BrN2O2S. The van der Waals surface area contributed by atoms with Crippen molar-refractivity contribution in [2.24, 2.45) is 4.99 Å². The number of halogens is 1. The smallest absolute Gasteiger partial charge is 0.258 e. The van der Waals surface area contributed by atoms with E-state index in [-0.39, 0.29) is 4.90 Å². The first-order valence-corrected chi connectivity index (χ1v) is 13.2. The minimum absolute atomic E-state index is 0.248. The Balaban J connectivity index is 1.71. The molecule has 1 heterocycles. The van der Waals surface area contributed by atoms with Crippen LogP contribution >= 0.6 is 15.9 Å². The van der Waals surface area contributed by atoms with Gasteiger partial charge >= 0.3 is 0 Å². The van der Waals surface area contributed by atoms with Gasteiger partial charge in [-0.2, -0.15) is 0 Å². The molecule has 0 radical (unpaired) electrons. The van der Waals surface area contributed by atoms with E-state index in [4.69, 9.17) is 4.99 Å². The highest BCUT2D eigenvalue weighted by Crippen LogP contribution is 2.41. The summed E-state index contributed by atoms with van der Waals surface area (Å²) < 4.78 is 30.5. The summed E-state index contributed by atoms with van der Waals surface area (Å²) in [5.74, 6) is 0. The molecule has 4 nitrogen and oxygen atoms in total. The highest BCUT2D eigenvalue weighted by Gasteiger charge is 2.37. The number of aryl methyl sites for hydroxylation is 1. The molecular weight excluding hydrogens is 508 g/mol. The van der Waals surface area contributed by atoms with Crippen molar-refractivity contribution in [2.75, 3.05) is 4.31 Å². The first-order valence-electron chi connectivity index (χ1n) is 11.0. The summed E-state index contributed by atoms with van der Waals surface area (Å²) in [6.07, 6.45) is -0.125. The first-order chi connectivity index (χ1) is 16.4. The molecule has 1 aliphatic heterocycles. The van der Waals surface area contributed by atoms with Gasteiger partial charge in [-0.1, -0.05) is 100 Å². The highest BCUT2D eigenvalue weighted by atomic mass is 79.9. The van der Waals surface area contributed by atoms with Gasteiger partial charge in [0.1, 0.15) is 0 Å². The normalized spacial score (nSPS) is 15.5. The Morgan fingerprint density at radius 3 is 2.21 bits per heavy atom. The van der Waals surface area contributed by atoms with Crippen LogP contribution in [0.1, 0.15) is 28.4 Å². The molecule has 1 unspecified atom stereocenters. The number of sulfonamides is 1. The summed E-state index contributed by atoms with van der Waals surface area (Å²) >= 11 is 3.64. The Kier molecular flexibility index (Phi) is 6.11. The van der Waals surface area contributed by atoms with Crippen LogP contribution in [0.5, 0.6) is 0 Å². The van der Waals surface area contributed by atoms with Crippen LogP contribution in [-0.2, 0) is 16.4 Å². The van der Waals surface area contributed by atoms with E-state index >= 15 is 0 Å². The van der Waals surface area contributed by atoms with E-state index in [1.807, 2.05) is 91.9 Å². The lowest BCUT2D eigenvalue weighted by Crippen LogP contribution is -2.38. The second-order valence-corrected chi connectivity index (χ2v) is 10.9. The fourth-order valence-electron chi connectivity index (χ4n) is 4.19. The van der Waals surface area contributed by atoms with Crippen LogP contribution in [0.2, 0.25) is 0 Å². The van der Waals surface area contributed by atoms with Crippen LogP contribution < -0.4 is 4.31 Å². The molecule has 6 heteroatoms. The predicted octanol–water partition coefficient (Wildman–Crippen LogP) is 6.70. The van der Waals surface area contributed by atoms with Gasteiger partial charge in [0.2, 0.25) is 0 Å². The third-order valence-corrected chi connectivity index (χ3v) is 8.50. The number of anilines is 1. The van der Waals surface area contributed by atoms with Crippen molar-refractivity contribution in [1.82, 2.24) is 0 Å². The molecule has 170 valence electrons. The number of hydrogen-bond donors (Lipinski definition) is 0. The van der Waals surface area contributed by atoms with Crippen molar-refractivity contribution in [3.05, 3.63) is 130 Å². The maximum absolute atomic E-state index is 14.0. The number of nitrogens with zero attached hydrogens (tertiary/aromatic N) is 2. The van der Waals surface area contributed by atoms with Gasteiger partial charge in [0.25, 0.3) is 10.0 Å². The van der Waals surface area contributed by atoms with E-state index in [0.717, 1.165) is 32.4 Å². The Morgan fingerprint density at radius 2 is 1.47 bits per heavy atom. The first kappa shape index (κ1) is 22.6. The lowest BCUT2D eigenvalue weighted by molar-refractivity contribution is 0.579. The van der Waals surface area contributed by atoms with Gasteiger partial charge in [-0.3, -0.25) is 4.99 Å². The second kappa shape index (κ2) is 9.20. The van der Waals surface area contributed by atoms with E-state index in [0.29, 0.717) is 12.1 Å². The average Bonchev–Trinajstić information content (AvgIpc) is 2.86. The summed E-state index contributed by atoms with van der Waals surface area (Å²) in [7, 11) is -3.88. The fourth-order valence-corrected chi connectivity index (χ4v) is 6.18. The lowest BCUT2D eigenvalue weighted by atomic mass is 9.97.